The monoisotopic (exact) mass is 444 g/mol. The maximum absolute atomic E-state index is 5.84. The summed E-state index contributed by atoms with van der Waals surface area (Å²) in [6.07, 6.45) is 30.5. The molecule has 0 fully saturated rings. The van der Waals surface area contributed by atoms with Crippen LogP contribution in [0.3, 0.4) is 0 Å². The molecule has 0 unspecified atom stereocenters. The van der Waals surface area contributed by atoms with Crippen molar-refractivity contribution in [2.45, 2.75) is 144 Å². The zero-order valence-corrected chi connectivity index (χ0v) is 22.6. The zero-order chi connectivity index (χ0) is 23.5. The topological polar surface area (TPSA) is 9.23 Å². The van der Waals surface area contributed by atoms with E-state index >= 15 is 0 Å². The summed E-state index contributed by atoms with van der Waals surface area (Å²) in [5, 5.41) is 0. The van der Waals surface area contributed by atoms with E-state index < -0.39 is 0 Å². The van der Waals surface area contributed by atoms with Gasteiger partial charge in [-0.05, 0) is 50.5 Å². The largest absolute Gasteiger partial charge is 0.377 e. The van der Waals surface area contributed by atoms with Crippen molar-refractivity contribution in [3.63, 3.8) is 0 Å². The molecule has 0 aliphatic heterocycles. The van der Waals surface area contributed by atoms with Gasteiger partial charge in [-0.3, -0.25) is 0 Å². The predicted octanol–water partition coefficient (Wildman–Crippen LogP) is 10.5. The van der Waals surface area contributed by atoms with Crippen LogP contribution >= 0.6 is 0 Å². The molecule has 0 aromatic heterocycles. The molecule has 1 nitrogen and oxygen atoms in total. The fraction of sp³-hybridized carbons (Fsp3) is 0.806. The van der Waals surface area contributed by atoms with Crippen LogP contribution in [0.2, 0.25) is 0 Å². The van der Waals surface area contributed by atoms with Crippen LogP contribution in [0.1, 0.15) is 144 Å². The molecular formula is C31H56O. The van der Waals surface area contributed by atoms with Gasteiger partial charge in [0.1, 0.15) is 0 Å². The summed E-state index contributed by atoms with van der Waals surface area (Å²) in [6, 6.07) is 0. The molecule has 0 spiro atoms. The predicted molar refractivity (Wildman–Crippen MR) is 144 cm³/mol. The van der Waals surface area contributed by atoms with Gasteiger partial charge >= 0.3 is 0 Å². The molecule has 186 valence electrons. The summed E-state index contributed by atoms with van der Waals surface area (Å²) in [5.74, 6) is 0. The van der Waals surface area contributed by atoms with E-state index in [1.807, 2.05) is 0 Å². The summed E-state index contributed by atoms with van der Waals surface area (Å²) in [7, 11) is 0. The normalized spacial score (nSPS) is 17.0. The third-order valence-electron chi connectivity index (χ3n) is 7.22. The summed E-state index contributed by atoms with van der Waals surface area (Å²) in [6.45, 7) is 13.2. The van der Waals surface area contributed by atoms with Crippen LogP contribution in [-0.2, 0) is 4.74 Å². The summed E-state index contributed by atoms with van der Waals surface area (Å²) in [5.41, 5.74) is 4.75. The van der Waals surface area contributed by atoms with E-state index in [9.17, 15) is 0 Å². The number of unbranched alkanes of at least 4 members (excludes halogenated alkanes) is 13. The number of ether oxygens (including phenoxy) is 1. The van der Waals surface area contributed by atoms with Gasteiger partial charge < -0.3 is 4.74 Å². The quantitative estimate of drug-likeness (QED) is 0.142. The van der Waals surface area contributed by atoms with Crippen molar-refractivity contribution in [1.82, 2.24) is 0 Å². The van der Waals surface area contributed by atoms with Gasteiger partial charge in [-0.1, -0.05) is 134 Å². The van der Waals surface area contributed by atoms with Crippen LogP contribution in [0.15, 0.2) is 34.9 Å². The van der Waals surface area contributed by atoms with Gasteiger partial charge in [0.05, 0.1) is 6.61 Å². The van der Waals surface area contributed by atoms with Gasteiger partial charge in [-0.2, -0.15) is 0 Å². The minimum Gasteiger partial charge on any atom is -0.377 e. The number of rotatable bonds is 19. The smallest absolute Gasteiger partial charge is 0.0653 e. The lowest BCUT2D eigenvalue weighted by Crippen LogP contribution is -2.19. The van der Waals surface area contributed by atoms with Gasteiger partial charge in [-0.15, -0.1) is 0 Å². The third kappa shape index (κ3) is 14.4. The fourth-order valence-corrected chi connectivity index (χ4v) is 4.97. The lowest BCUT2D eigenvalue weighted by Gasteiger charge is -2.32. The molecular weight excluding hydrogens is 388 g/mol. The van der Waals surface area contributed by atoms with Crippen LogP contribution in [0.5, 0.6) is 0 Å². The second kappa shape index (κ2) is 18.6. The number of hydrogen-bond donors (Lipinski definition) is 0. The Morgan fingerprint density at radius 1 is 0.844 bits per heavy atom. The minimum absolute atomic E-state index is 0.323. The third-order valence-corrected chi connectivity index (χ3v) is 7.22. The molecule has 0 atom stereocenters. The van der Waals surface area contributed by atoms with Crippen molar-refractivity contribution in [3.05, 3.63) is 34.9 Å². The maximum Gasteiger partial charge on any atom is 0.0653 e. The second-order valence-corrected chi connectivity index (χ2v) is 10.9. The first-order chi connectivity index (χ1) is 15.5. The maximum atomic E-state index is 5.84. The lowest BCUT2D eigenvalue weighted by atomic mass is 9.72. The lowest BCUT2D eigenvalue weighted by molar-refractivity contribution is 0.157. The highest BCUT2D eigenvalue weighted by atomic mass is 16.5. The van der Waals surface area contributed by atoms with Gasteiger partial charge in [0.2, 0.25) is 0 Å². The minimum atomic E-state index is 0.323. The standard InChI is InChI=1S/C31H56O/c1-6-7-8-9-10-11-12-13-14-15-16-17-18-19-26-32-27-24-28(2)22-23-30-29(3)21-20-25-31(30,4)5/h22-24H,6-21,25-27H2,1-5H3. The highest BCUT2D eigenvalue weighted by Crippen LogP contribution is 2.40. The Morgan fingerprint density at radius 2 is 1.38 bits per heavy atom. The van der Waals surface area contributed by atoms with Crippen molar-refractivity contribution in [2.24, 2.45) is 5.41 Å². The van der Waals surface area contributed by atoms with Crippen LogP contribution in [-0.4, -0.2) is 13.2 Å². The Hall–Kier alpha value is -0.820. The van der Waals surface area contributed by atoms with Crippen LogP contribution in [0.25, 0.3) is 0 Å². The Morgan fingerprint density at radius 3 is 1.91 bits per heavy atom. The van der Waals surface area contributed by atoms with Crippen molar-refractivity contribution >= 4 is 0 Å². The Bertz CT molecular complexity index is 549. The molecule has 32 heavy (non-hydrogen) atoms. The van der Waals surface area contributed by atoms with E-state index in [4.69, 9.17) is 4.74 Å². The van der Waals surface area contributed by atoms with Gasteiger partial charge in [0, 0.05) is 6.61 Å². The van der Waals surface area contributed by atoms with E-state index in [0.29, 0.717) is 5.41 Å². The van der Waals surface area contributed by atoms with Crippen LogP contribution < -0.4 is 0 Å². The van der Waals surface area contributed by atoms with Crippen molar-refractivity contribution < 1.29 is 4.74 Å². The van der Waals surface area contributed by atoms with Crippen molar-refractivity contribution in [2.75, 3.05) is 13.2 Å². The SMILES string of the molecule is CCCCCCCCCCCCCCCCOCC=C(C)C=CC1=C(C)CCCC1(C)C. The average molecular weight is 445 g/mol. The van der Waals surface area contributed by atoms with Gasteiger partial charge in [0.15, 0.2) is 0 Å². The summed E-state index contributed by atoms with van der Waals surface area (Å²) in [4.78, 5) is 0. The molecule has 1 aliphatic carbocycles. The van der Waals surface area contributed by atoms with Crippen molar-refractivity contribution in [1.29, 1.82) is 0 Å². The summed E-state index contributed by atoms with van der Waals surface area (Å²) < 4.78 is 5.84. The first kappa shape index (κ1) is 29.2. The molecule has 0 N–H and O–H groups in total. The molecule has 0 aromatic rings. The Kier molecular flexibility index (Phi) is 17.0. The van der Waals surface area contributed by atoms with Crippen molar-refractivity contribution in [3.8, 4) is 0 Å². The number of allylic oxidation sites excluding steroid dienone is 5. The molecule has 0 amide bonds. The Balaban J connectivity index is 1.95. The molecule has 0 bridgehead atoms. The molecule has 1 aliphatic rings. The zero-order valence-electron chi connectivity index (χ0n) is 22.6. The molecule has 0 radical (unpaired) electrons. The molecule has 0 aromatic carbocycles. The highest BCUT2D eigenvalue weighted by Gasteiger charge is 2.26. The summed E-state index contributed by atoms with van der Waals surface area (Å²) >= 11 is 0. The average Bonchev–Trinajstić information content (AvgIpc) is 2.75. The van der Waals surface area contributed by atoms with Gasteiger partial charge in [-0.25, -0.2) is 0 Å². The van der Waals surface area contributed by atoms with Gasteiger partial charge in [0.25, 0.3) is 0 Å². The van der Waals surface area contributed by atoms with E-state index in [0.717, 1.165) is 13.2 Å². The first-order valence-electron chi connectivity index (χ1n) is 14.1. The van der Waals surface area contributed by atoms with E-state index in [-0.39, 0.29) is 0 Å². The molecule has 0 heterocycles. The highest BCUT2D eigenvalue weighted by molar-refractivity contribution is 5.35. The molecule has 1 heteroatoms. The van der Waals surface area contributed by atoms with Crippen LogP contribution in [0, 0.1) is 5.41 Å². The first-order valence-corrected chi connectivity index (χ1v) is 14.1. The fourth-order valence-electron chi connectivity index (χ4n) is 4.97. The number of hydrogen-bond acceptors (Lipinski definition) is 1. The molecule has 1 rings (SSSR count). The molecule has 0 saturated carbocycles. The molecule has 0 saturated heterocycles. The van der Waals surface area contributed by atoms with E-state index in [2.05, 4.69) is 52.8 Å². The Labute approximate surface area is 202 Å². The second-order valence-electron chi connectivity index (χ2n) is 10.9. The van der Waals surface area contributed by atoms with E-state index in [1.54, 1.807) is 11.1 Å². The van der Waals surface area contributed by atoms with E-state index in [1.165, 1.54) is 115 Å². The van der Waals surface area contributed by atoms with Crippen LogP contribution in [0.4, 0.5) is 0 Å².